The van der Waals surface area contributed by atoms with Crippen molar-refractivity contribution in [2.75, 3.05) is 13.0 Å². The highest BCUT2D eigenvalue weighted by molar-refractivity contribution is 6.17. The number of aliphatic hydroxyl groups is 2. The minimum atomic E-state index is -1.23. The summed E-state index contributed by atoms with van der Waals surface area (Å²) in [6.07, 6.45) is -2.11. The summed E-state index contributed by atoms with van der Waals surface area (Å²) < 4.78 is 17.8. The lowest BCUT2D eigenvalue weighted by atomic mass is 10.0. The molecule has 0 bridgehead atoms. The molecule has 0 heterocycles. The molecule has 0 amide bonds. The van der Waals surface area contributed by atoms with E-state index in [1.54, 1.807) is 0 Å². The zero-order chi connectivity index (χ0) is 13.7. The van der Waals surface area contributed by atoms with Crippen molar-refractivity contribution in [2.45, 2.75) is 18.6 Å². The molecule has 0 aliphatic heterocycles. The Labute approximate surface area is 109 Å². The van der Waals surface area contributed by atoms with Crippen LogP contribution in [0.1, 0.15) is 28.4 Å². The molecule has 0 aromatic heterocycles. The molecule has 2 N–H and O–H groups in total. The Kier molecular flexibility index (Phi) is 5.53. The standard InChI is InChI=1S/C12H14ClFO4/c1-18-12(17)8-6-7(2-3-9(8)14)11(16)10(15)4-5-13/h2-3,6,10-11,15-16H,4-5H2,1H3. The van der Waals surface area contributed by atoms with Crippen LogP contribution in [0.5, 0.6) is 0 Å². The second-order valence-corrected chi connectivity index (χ2v) is 4.10. The number of alkyl halides is 1. The van der Waals surface area contributed by atoms with Crippen molar-refractivity contribution in [2.24, 2.45) is 0 Å². The van der Waals surface area contributed by atoms with Gasteiger partial charge in [-0.2, -0.15) is 0 Å². The van der Waals surface area contributed by atoms with Crippen LogP contribution in [-0.4, -0.2) is 35.3 Å². The normalized spacial score (nSPS) is 14.1. The average molecular weight is 277 g/mol. The molecular weight excluding hydrogens is 263 g/mol. The van der Waals surface area contributed by atoms with Gasteiger partial charge in [-0.25, -0.2) is 9.18 Å². The highest BCUT2D eigenvalue weighted by Crippen LogP contribution is 2.22. The van der Waals surface area contributed by atoms with Crippen LogP contribution < -0.4 is 0 Å². The van der Waals surface area contributed by atoms with E-state index in [-0.39, 0.29) is 23.4 Å². The van der Waals surface area contributed by atoms with Gasteiger partial charge in [0.05, 0.1) is 18.8 Å². The minimum Gasteiger partial charge on any atom is -0.465 e. The quantitative estimate of drug-likeness (QED) is 0.634. The predicted octanol–water partition coefficient (Wildman–Crippen LogP) is 1.64. The third-order valence-corrected chi connectivity index (χ3v) is 2.72. The Balaban J connectivity index is 3.00. The summed E-state index contributed by atoms with van der Waals surface area (Å²) in [5.74, 6) is -1.40. The van der Waals surface area contributed by atoms with Gasteiger partial charge in [0.15, 0.2) is 0 Å². The first-order valence-electron chi connectivity index (χ1n) is 5.31. The van der Waals surface area contributed by atoms with Crippen LogP contribution >= 0.6 is 11.6 Å². The van der Waals surface area contributed by atoms with E-state index in [2.05, 4.69) is 4.74 Å². The molecule has 1 aromatic carbocycles. The highest BCUT2D eigenvalue weighted by Gasteiger charge is 2.21. The van der Waals surface area contributed by atoms with Crippen molar-refractivity contribution in [1.29, 1.82) is 0 Å². The van der Waals surface area contributed by atoms with Crippen molar-refractivity contribution >= 4 is 17.6 Å². The number of rotatable bonds is 5. The Morgan fingerprint density at radius 1 is 1.50 bits per heavy atom. The summed E-state index contributed by atoms with van der Waals surface area (Å²) in [6.45, 7) is 0. The molecule has 0 saturated heterocycles. The first-order valence-corrected chi connectivity index (χ1v) is 5.84. The maximum absolute atomic E-state index is 13.4. The van der Waals surface area contributed by atoms with Crippen LogP contribution in [0.3, 0.4) is 0 Å². The Hall–Kier alpha value is -1.17. The zero-order valence-corrected chi connectivity index (χ0v) is 10.5. The number of halogens is 2. The number of esters is 1. The second-order valence-electron chi connectivity index (χ2n) is 3.72. The molecule has 0 aliphatic rings. The Morgan fingerprint density at radius 3 is 2.72 bits per heavy atom. The largest absolute Gasteiger partial charge is 0.465 e. The van der Waals surface area contributed by atoms with E-state index in [0.717, 1.165) is 19.2 Å². The summed E-state index contributed by atoms with van der Waals surface area (Å²) in [6, 6.07) is 3.49. The van der Waals surface area contributed by atoms with E-state index in [9.17, 15) is 19.4 Å². The van der Waals surface area contributed by atoms with Gasteiger partial charge < -0.3 is 14.9 Å². The number of benzene rings is 1. The van der Waals surface area contributed by atoms with Crippen molar-refractivity contribution in [3.63, 3.8) is 0 Å². The van der Waals surface area contributed by atoms with Gasteiger partial charge in [0.1, 0.15) is 11.9 Å². The number of carbonyl (C=O) groups excluding carboxylic acids is 1. The van der Waals surface area contributed by atoms with E-state index in [0.29, 0.717) is 0 Å². The molecule has 1 rings (SSSR count). The maximum atomic E-state index is 13.4. The second kappa shape index (κ2) is 6.68. The fourth-order valence-electron chi connectivity index (χ4n) is 1.49. The summed E-state index contributed by atoms with van der Waals surface area (Å²) in [7, 11) is 1.13. The maximum Gasteiger partial charge on any atom is 0.340 e. The third kappa shape index (κ3) is 3.41. The van der Waals surface area contributed by atoms with Crippen LogP contribution in [-0.2, 0) is 4.74 Å². The minimum absolute atomic E-state index is 0.184. The van der Waals surface area contributed by atoms with E-state index >= 15 is 0 Å². The molecule has 0 aliphatic carbocycles. The van der Waals surface area contributed by atoms with E-state index in [4.69, 9.17) is 11.6 Å². The molecule has 100 valence electrons. The highest BCUT2D eigenvalue weighted by atomic mass is 35.5. The summed E-state index contributed by atoms with van der Waals surface area (Å²) in [5, 5.41) is 19.4. The van der Waals surface area contributed by atoms with Gasteiger partial charge in [-0.05, 0) is 24.1 Å². The van der Waals surface area contributed by atoms with Crippen LogP contribution in [0.25, 0.3) is 0 Å². The van der Waals surface area contributed by atoms with Gasteiger partial charge in [-0.15, -0.1) is 11.6 Å². The molecule has 0 spiro atoms. The molecule has 4 nitrogen and oxygen atoms in total. The number of carbonyl (C=O) groups is 1. The van der Waals surface area contributed by atoms with Crippen LogP contribution in [0, 0.1) is 5.82 Å². The number of methoxy groups -OCH3 is 1. The van der Waals surface area contributed by atoms with Crippen molar-refractivity contribution in [3.8, 4) is 0 Å². The van der Waals surface area contributed by atoms with E-state index in [1.165, 1.54) is 6.07 Å². The van der Waals surface area contributed by atoms with Crippen molar-refractivity contribution in [3.05, 3.63) is 35.1 Å². The molecular formula is C12H14ClFO4. The van der Waals surface area contributed by atoms with Crippen molar-refractivity contribution in [1.82, 2.24) is 0 Å². The lowest BCUT2D eigenvalue weighted by molar-refractivity contribution is 0.0168. The molecule has 0 fully saturated rings. The fourth-order valence-corrected chi connectivity index (χ4v) is 1.71. The number of hydrogen-bond donors (Lipinski definition) is 2. The molecule has 0 radical (unpaired) electrons. The number of aliphatic hydroxyl groups excluding tert-OH is 2. The molecule has 2 unspecified atom stereocenters. The van der Waals surface area contributed by atoms with Gasteiger partial charge in [-0.3, -0.25) is 0 Å². The van der Waals surface area contributed by atoms with Gasteiger partial charge in [-0.1, -0.05) is 6.07 Å². The van der Waals surface area contributed by atoms with Gasteiger partial charge in [0.25, 0.3) is 0 Å². The lowest BCUT2D eigenvalue weighted by Crippen LogP contribution is -2.19. The van der Waals surface area contributed by atoms with Crippen molar-refractivity contribution < 1.29 is 24.1 Å². The van der Waals surface area contributed by atoms with E-state index < -0.39 is 24.0 Å². The summed E-state index contributed by atoms with van der Waals surface area (Å²) in [5.41, 5.74) is -0.0541. The van der Waals surface area contributed by atoms with Gasteiger partial charge in [0, 0.05) is 5.88 Å². The molecule has 2 atom stereocenters. The summed E-state index contributed by atoms with van der Waals surface area (Å²) in [4.78, 5) is 11.3. The first kappa shape index (κ1) is 14.9. The smallest absolute Gasteiger partial charge is 0.340 e. The Morgan fingerprint density at radius 2 is 2.17 bits per heavy atom. The number of hydrogen-bond acceptors (Lipinski definition) is 4. The van der Waals surface area contributed by atoms with Gasteiger partial charge in [0.2, 0.25) is 0 Å². The molecule has 6 heteroatoms. The zero-order valence-electron chi connectivity index (χ0n) is 9.77. The van der Waals surface area contributed by atoms with Crippen LogP contribution in [0.2, 0.25) is 0 Å². The topological polar surface area (TPSA) is 66.8 Å². The summed E-state index contributed by atoms with van der Waals surface area (Å²) >= 11 is 5.45. The van der Waals surface area contributed by atoms with Crippen LogP contribution in [0.4, 0.5) is 4.39 Å². The molecule has 0 saturated carbocycles. The van der Waals surface area contributed by atoms with Crippen LogP contribution in [0.15, 0.2) is 18.2 Å². The fraction of sp³-hybridized carbons (Fsp3) is 0.417. The molecule has 18 heavy (non-hydrogen) atoms. The third-order valence-electron chi connectivity index (χ3n) is 2.51. The SMILES string of the molecule is COC(=O)c1cc(C(O)C(O)CCCl)ccc1F. The van der Waals surface area contributed by atoms with E-state index in [1.807, 2.05) is 0 Å². The van der Waals surface area contributed by atoms with Gasteiger partial charge >= 0.3 is 5.97 Å². The Bertz CT molecular complexity index is 425. The lowest BCUT2D eigenvalue weighted by Gasteiger charge is -2.17. The number of ether oxygens (including phenoxy) is 1. The first-order chi connectivity index (χ1) is 8.51. The average Bonchev–Trinajstić information content (AvgIpc) is 2.38. The molecule has 1 aromatic rings. The predicted molar refractivity (Wildman–Crippen MR) is 64.0 cm³/mol. The monoisotopic (exact) mass is 276 g/mol.